The van der Waals surface area contributed by atoms with Crippen LogP contribution >= 0.6 is 0 Å². The molecule has 21 heavy (non-hydrogen) atoms. The standard InChI is InChI=1S/C16H22N4O/c1-2-7-19-14-5-3-4-6-15(14)20(16(19)17)9-8-18-10-12-21-13-11-18/h2-6,17H,1,7-13H2/p+2. The van der Waals surface area contributed by atoms with Crippen molar-refractivity contribution < 1.29 is 14.2 Å². The monoisotopic (exact) mass is 288 g/mol. The van der Waals surface area contributed by atoms with Gasteiger partial charge in [-0.05, 0) is 12.1 Å². The van der Waals surface area contributed by atoms with Crippen molar-refractivity contribution in [3.8, 4) is 0 Å². The van der Waals surface area contributed by atoms with E-state index in [2.05, 4.69) is 40.0 Å². The number of fused-ring (bicyclic) bond motifs is 1. The Labute approximate surface area is 125 Å². The second-order valence-electron chi connectivity index (χ2n) is 5.51. The number of nitrogens with two attached hydrogens (primary N) is 1. The zero-order valence-electron chi connectivity index (χ0n) is 12.4. The molecule has 1 aromatic heterocycles. The van der Waals surface area contributed by atoms with E-state index < -0.39 is 0 Å². The second-order valence-corrected chi connectivity index (χ2v) is 5.51. The average Bonchev–Trinajstić information content (AvgIpc) is 2.79. The summed E-state index contributed by atoms with van der Waals surface area (Å²) in [5.41, 5.74) is 8.73. The fraction of sp³-hybridized carbons (Fsp3) is 0.438. The van der Waals surface area contributed by atoms with Gasteiger partial charge in [0.15, 0.2) is 0 Å². The summed E-state index contributed by atoms with van der Waals surface area (Å²) in [6.07, 6.45) is 1.89. The molecule has 3 rings (SSSR count). The summed E-state index contributed by atoms with van der Waals surface area (Å²) in [4.78, 5) is 1.59. The first-order chi connectivity index (χ1) is 10.3. The number of nitrogens with zero attached hydrogens (tertiary/aromatic N) is 2. The molecular weight excluding hydrogens is 264 g/mol. The molecule has 0 radical (unpaired) electrons. The van der Waals surface area contributed by atoms with Gasteiger partial charge in [0.05, 0.1) is 19.8 Å². The van der Waals surface area contributed by atoms with Gasteiger partial charge in [0.1, 0.15) is 37.2 Å². The van der Waals surface area contributed by atoms with Crippen molar-refractivity contribution in [2.24, 2.45) is 0 Å². The minimum Gasteiger partial charge on any atom is -0.370 e. The lowest BCUT2D eigenvalue weighted by Crippen LogP contribution is -3.14. The number of morpholine rings is 1. The van der Waals surface area contributed by atoms with Gasteiger partial charge in [-0.1, -0.05) is 24.8 Å². The van der Waals surface area contributed by atoms with E-state index in [1.165, 1.54) is 11.0 Å². The molecule has 0 bridgehead atoms. The Bertz CT molecular complexity index is 628. The summed E-state index contributed by atoms with van der Waals surface area (Å²) in [6.45, 7) is 10.5. The number of imidazole rings is 1. The first-order valence-corrected chi connectivity index (χ1v) is 7.60. The van der Waals surface area contributed by atoms with Crippen LogP contribution in [0.25, 0.3) is 11.0 Å². The summed E-state index contributed by atoms with van der Waals surface area (Å²) < 4.78 is 9.76. The third kappa shape index (κ3) is 2.80. The van der Waals surface area contributed by atoms with Crippen molar-refractivity contribution in [2.75, 3.05) is 38.6 Å². The van der Waals surface area contributed by atoms with E-state index in [4.69, 9.17) is 10.5 Å². The number of rotatable bonds is 5. The van der Waals surface area contributed by atoms with Crippen molar-refractivity contribution in [3.63, 3.8) is 0 Å². The van der Waals surface area contributed by atoms with Crippen LogP contribution in [0.4, 0.5) is 5.95 Å². The van der Waals surface area contributed by atoms with Gasteiger partial charge in [0.25, 0.3) is 0 Å². The SMILES string of the molecule is C=CCn1c(N)[n+](CC[NH+]2CCOCC2)c2ccccc21. The first kappa shape index (κ1) is 14.1. The second kappa shape index (κ2) is 6.28. The number of quaternary nitrogens is 1. The average molecular weight is 288 g/mol. The lowest BCUT2D eigenvalue weighted by atomic mass is 10.3. The molecule has 2 heterocycles. The molecule has 0 unspecified atom stereocenters. The van der Waals surface area contributed by atoms with Gasteiger partial charge in [-0.3, -0.25) is 5.73 Å². The van der Waals surface area contributed by atoms with Gasteiger partial charge in [0, 0.05) is 0 Å². The Morgan fingerprint density at radius 1 is 1.33 bits per heavy atom. The number of nitrogens with one attached hydrogen (secondary N) is 1. The maximum absolute atomic E-state index is 6.36. The van der Waals surface area contributed by atoms with Crippen LogP contribution in [0.3, 0.4) is 0 Å². The summed E-state index contributed by atoms with van der Waals surface area (Å²) in [7, 11) is 0. The number of para-hydroxylation sites is 2. The third-order valence-electron chi connectivity index (χ3n) is 4.22. The maximum atomic E-state index is 6.36. The zero-order chi connectivity index (χ0) is 14.7. The van der Waals surface area contributed by atoms with Crippen LogP contribution in [0.5, 0.6) is 0 Å². The largest absolute Gasteiger partial charge is 0.370 e. The highest BCUT2D eigenvalue weighted by atomic mass is 16.5. The molecule has 1 aromatic carbocycles. The molecular formula is C16H24N4O+2. The third-order valence-corrected chi connectivity index (χ3v) is 4.22. The zero-order valence-corrected chi connectivity index (χ0v) is 12.4. The lowest BCUT2D eigenvalue weighted by molar-refractivity contribution is -0.923. The number of hydrogen-bond donors (Lipinski definition) is 2. The summed E-state index contributed by atoms with van der Waals surface area (Å²) >= 11 is 0. The molecule has 1 fully saturated rings. The highest BCUT2D eigenvalue weighted by Gasteiger charge is 2.22. The molecule has 1 saturated heterocycles. The molecule has 3 N–H and O–H groups in total. The Hall–Kier alpha value is -1.85. The number of anilines is 1. The molecule has 112 valence electrons. The van der Waals surface area contributed by atoms with Crippen LogP contribution in [0.2, 0.25) is 0 Å². The van der Waals surface area contributed by atoms with Crippen LogP contribution in [-0.4, -0.2) is 37.4 Å². The van der Waals surface area contributed by atoms with Gasteiger partial charge in [-0.15, -0.1) is 0 Å². The van der Waals surface area contributed by atoms with E-state index in [9.17, 15) is 0 Å². The van der Waals surface area contributed by atoms with E-state index in [-0.39, 0.29) is 0 Å². The molecule has 2 aromatic rings. The van der Waals surface area contributed by atoms with Gasteiger partial charge in [0.2, 0.25) is 0 Å². The maximum Gasteiger partial charge on any atom is 0.356 e. The molecule has 0 atom stereocenters. The number of hydrogen-bond acceptors (Lipinski definition) is 2. The van der Waals surface area contributed by atoms with Gasteiger partial charge in [-0.2, -0.15) is 0 Å². The van der Waals surface area contributed by atoms with Crippen molar-refractivity contribution in [1.29, 1.82) is 0 Å². The minimum absolute atomic E-state index is 0.740. The van der Waals surface area contributed by atoms with E-state index in [0.717, 1.165) is 51.9 Å². The topological polar surface area (TPSA) is 48.5 Å². The van der Waals surface area contributed by atoms with Gasteiger partial charge >= 0.3 is 5.95 Å². The number of allylic oxidation sites excluding steroid dienone is 1. The fourth-order valence-corrected chi connectivity index (χ4v) is 3.05. The highest BCUT2D eigenvalue weighted by molar-refractivity contribution is 5.73. The Kier molecular flexibility index (Phi) is 4.22. The Morgan fingerprint density at radius 2 is 2.10 bits per heavy atom. The van der Waals surface area contributed by atoms with Crippen LogP contribution < -0.4 is 15.2 Å². The van der Waals surface area contributed by atoms with E-state index >= 15 is 0 Å². The van der Waals surface area contributed by atoms with E-state index in [1.54, 1.807) is 4.90 Å². The van der Waals surface area contributed by atoms with Crippen LogP contribution in [0, 0.1) is 0 Å². The molecule has 0 amide bonds. The predicted molar refractivity (Wildman–Crippen MR) is 83.1 cm³/mol. The molecule has 5 heteroatoms. The van der Waals surface area contributed by atoms with Crippen molar-refractivity contribution in [3.05, 3.63) is 36.9 Å². The summed E-state index contributed by atoms with van der Waals surface area (Å²) in [6, 6.07) is 8.38. The number of aromatic nitrogens is 2. The Morgan fingerprint density at radius 3 is 2.86 bits per heavy atom. The number of nitrogen functional groups attached to an aromatic ring is 1. The van der Waals surface area contributed by atoms with E-state index in [1.807, 2.05) is 6.08 Å². The summed E-state index contributed by atoms with van der Waals surface area (Å²) in [5, 5.41) is 0. The van der Waals surface area contributed by atoms with Crippen molar-refractivity contribution in [2.45, 2.75) is 13.1 Å². The molecule has 1 aliphatic rings. The van der Waals surface area contributed by atoms with Gasteiger partial charge in [-0.25, -0.2) is 9.13 Å². The minimum atomic E-state index is 0.740. The number of ether oxygens (including phenoxy) is 1. The molecule has 0 spiro atoms. The molecule has 5 nitrogen and oxygen atoms in total. The van der Waals surface area contributed by atoms with Crippen molar-refractivity contribution >= 4 is 17.0 Å². The molecule has 0 saturated carbocycles. The van der Waals surface area contributed by atoms with Crippen LogP contribution in [-0.2, 0) is 17.8 Å². The van der Waals surface area contributed by atoms with Crippen molar-refractivity contribution in [1.82, 2.24) is 4.57 Å². The van der Waals surface area contributed by atoms with Crippen LogP contribution in [0.15, 0.2) is 36.9 Å². The highest BCUT2D eigenvalue weighted by Crippen LogP contribution is 2.15. The smallest absolute Gasteiger partial charge is 0.356 e. The molecule has 1 aliphatic heterocycles. The van der Waals surface area contributed by atoms with Gasteiger partial charge < -0.3 is 9.64 Å². The molecule has 0 aliphatic carbocycles. The summed E-state index contributed by atoms with van der Waals surface area (Å²) in [5.74, 6) is 0.809. The lowest BCUT2D eigenvalue weighted by Gasteiger charge is -2.23. The number of benzene rings is 1. The Balaban J connectivity index is 1.86. The van der Waals surface area contributed by atoms with E-state index in [0.29, 0.717) is 0 Å². The van der Waals surface area contributed by atoms with Crippen LogP contribution in [0.1, 0.15) is 0 Å². The first-order valence-electron chi connectivity index (χ1n) is 7.60. The predicted octanol–water partition coefficient (Wildman–Crippen LogP) is -0.388. The normalized spacial score (nSPS) is 16.4. The quantitative estimate of drug-likeness (QED) is 0.582. The fourth-order valence-electron chi connectivity index (χ4n) is 3.05.